The first-order chi connectivity index (χ1) is 9.32. The molecule has 0 bridgehead atoms. The zero-order chi connectivity index (χ0) is 14.9. The monoisotopic (exact) mass is 318 g/mol. The summed E-state index contributed by atoms with van der Waals surface area (Å²) in [5, 5.41) is 0.162. The number of anilines is 1. The zero-order valence-corrected chi connectivity index (χ0v) is 13.2. The van der Waals surface area contributed by atoms with Crippen molar-refractivity contribution in [3.8, 4) is 0 Å². The second-order valence-corrected chi connectivity index (χ2v) is 7.51. The first-order valence-corrected chi connectivity index (χ1v) is 8.22. The molecule has 1 saturated heterocycles. The molecule has 1 aromatic rings. The Morgan fingerprint density at radius 2 is 2.25 bits per heavy atom. The van der Waals surface area contributed by atoms with E-state index in [1.54, 1.807) is 0 Å². The number of likely N-dealkylation sites (N-methyl/N-ethyl adjacent to an activating group) is 1. The molecule has 0 amide bonds. The number of nitrogens with two attached hydrogens (primary N) is 1. The van der Waals surface area contributed by atoms with Crippen molar-refractivity contribution in [1.29, 1.82) is 0 Å². The average molecular weight is 319 g/mol. The van der Waals surface area contributed by atoms with Crippen molar-refractivity contribution >= 4 is 27.4 Å². The van der Waals surface area contributed by atoms with E-state index >= 15 is 0 Å². The molecule has 0 aromatic carbocycles. The molecule has 20 heavy (non-hydrogen) atoms. The van der Waals surface area contributed by atoms with Gasteiger partial charge in [-0.2, -0.15) is 4.31 Å². The van der Waals surface area contributed by atoms with E-state index in [1.165, 1.54) is 16.6 Å². The van der Waals surface area contributed by atoms with E-state index < -0.39 is 10.0 Å². The Labute approximate surface area is 124 Å². The summed E-state index contributed by atoms with van der Waals surface area (Å²) in [5.74, 6) is 0.136. The second kappa shape index (κ2) is 5.85. The highest BCUT2D eigenvalue weighted by molar-refractivity contribution is 7.89. The molecule has 2 N–H and O–H groups in total. The Morgan fingerprint density at radius 1 is 1.55 bits per heavy atom. The first kappa shape index (κ1) is 15.5. The van der Waals surface area contributed by atoms with Gasteiger partial charge in [-0.3, -0.25) is 0 Å². The normalized spacial score (nSPS) is 20.7. The Morgan fingerprint density at radius 3 is 2.85 bits per heavy atom. The van der Waals surface area contributed by atoms with Crippen molar-refractivity contribution in [2.45, 2.75) is 23.8 Å². The largest absolute Gasteiger partial charge is 0.382 e. The molecule has 1 atom stereocenters. The summed E-state index contributed by atoms with van der Waals surface area (Å²) in [6.45, 7) is 1.23. The summed E-state index contributed by atoms with van der Waals surface area (Å²) in [4.78, 5) is 5.92. The van der Waals surface area contributed by atoms with Crippen molar-refractivity contribution in [2.75, 3.05) is 32.9 Å². The summed E-state index contributed by atoms with van der Waals surface area (Å²) in [5.41, 5.74) is 5.52. The highest BCUT2D eigenvalue weighted by Gasteiger charge is 2.35. The van der Waals surface area contributed by atoms with Gasteiger partial charge in [0.15, 0.2) is 0 Å². The standard InChI is InChI=1S/C12H19ClN4O2S/c1-16(2)8-9-4-3-5-17(9)20(18,19)10-6-11(13)12(14)15-7-10/h6-7,9H,3-5,8H2,1-2H3,(H2,14,15). The summed E-state index contributed by atoms with van der Waals surface area (Å²) >= 11 is 5.87. The Balaban J connectivity index is 2.31. The number of nitrogen functional groups attached to an aromatic ring is 1. The van der Waals surface area contributed by atoms with Gasteiger partial charge in [0.05, 0.1) is 5.02 Å². The Hall–Kier alpha value is -0.890. The third-order valence-electron chi connectivity index (χ3n) is 3.35. The van der Waals surface area contributed by atoms with Crippen molar-refractivity contribution in [1.82, 2.24) is 14.2 Å². The van der Waals surface area contributed by atoms with Crippen LogP contribution in [-0.4, -0.2) is 55.8 Å². The predicted molar refractivity (Wildman–Crippen MR) is 79.1 cm³/mol. The molecular weight excluding hydrogens is 300 g/mol. The molecule has 8 heteroatoms. The Kier molecular flexibility index (Phi) is 4.53. The van der Waals surface area contributed by atoms with Gasteiger partial charge >= 0.3 is 0 Å². The molecule has 1 aliphatic heterocycles. The van der Waals surface area contributed by atoms with Crippen molar-refractivity contribution in [2.24, 2.45) is 0 Å². The minimum atomic E-state index is -3.57. The van der Waals surface area contributed by atoms with Crippen LogP contribution in [0.15, 0.2) is 17.2 Å². The molecule has 0 spiro atoms. The number of hydrogen-bond acceptors (Lipinski definition) is 5. The molecule has 0 radical (unpaired) electrons. The minimum Gasteiger partial charge on any atom is -0.382 e. The van der Waals surface area contributed by atoms with Gasteiger partial charge in [-0.25, -0.2) is 13.4 Å². The van der Waals surface area contributed by atoms with Gasteiger partial charge in [-0.1, -0.05) is 11.6 Å². The number of nitrogens with zero attached hydrogens (tertiary/aromatic N) is 3. The van der Waals surface area contributed by atoms with Crippen LogP contribution in [0.4, 0.5) is 5.82 Å². The van der Waals surface area contributed by atoms with Crippen LogP contribution in [0.3, 0.4) is 0 Å². The lowest BCUT2D eigenvalue weighted by Gasteiger charge is -2.26. The number of halogens is 1. The second-order valence-electron chi connectivity index (χ2n) is 5.21. The number of pyridine rings is 1. The van der Waals surface area contributed by atoms with Crippen LogP contribution in [0, 0.1) is 0 Å². The molecule has 1 aromatic heterocycles. The molecule has 0 saturated carbocycles. The van der Waals surface area contributed by atoms with Crippen LogP contribution in [-0.2, 0) is 10.0 Å². The van der Waals surface area contributed by atoms with Crippen LogP contribution in [0.1, 0.15) is 12.8 Å². The summed E-state index contributed by atoms with van der Waals surface area (Å²) in [6.07, 6.45) is 3.00. The number of aromatic nitrogens is 1. The maximum atomic E-state index is 12.7. The van der Waals surface area contributed by atoms with E-state index in [2.05, 4.69) is 4.98 Å². The zero-order valence-electron chi connectivity index (χ0n) is 11.6. The fourth-order valence-corrected chi connectivity index (χ4v) is 4.33. The molecule has 1 unspecified atom stereocenters. The lowest BCUT2D eigenvalue weighted by Crippen LogP contribution is -2.41. The summed E-state index contributed by atoms with van der Waals surface area (Å²) in [6, 6.07) is 1.36. The van der Waals surface area contributed by atoms with Gasteiger partial charge in [0.25, 0.3) is 0 Å². The number of sulfonamides is 1. The fourth-order valence-electron chi connectivity index (χ4n) is 2.44. The van der Waals surface area contributed by atoms with Gasteiger partial charge in [-0.15, -0.1) is 0 Å². The third kappa shape index (κ3) is 3.06. The van der Waals surface area contributed by atoms with Gasteiger partial charge in [0.1, 0.15) is 10.7 Å². The van der Waals surface area contributed by atoms with E-state index in [-0.39, 0.29) is 21.8 Å². The van der Waals surface area contributed by atoms with E-state index in [9.17, 15) is 8.42 Å². The molecule has 1 aliphatic rings. The van der Waals surface area contributed by atoms with E-state index in [0.717, 1.165) is 12.8 Å². The highest BCUT2D eigenvalue weighted by Crippen LogP contribution is 2.28. The van der Waals surface area contributed by atoms with Crippen LogP contribution >= 0.6 is 11.6 Å². The average Bonchev–Trinajstić information content (AvgIpc) is 2.80. The molecule has 1 fully saturated rings. The molecule has 0 aliphatic carbocycles. The van der Waals surface area contributed by atoms with Crippen LogP contribution in [0.2, 0.25) is 5.02 Å². The molecular formula is C12H19ClN4O2S. The van der Waals surface area contributed by atoms with Crippen molar-refractivity contribution < 1.29 is 8.42 Å². The lowest BCUT2D eigenvalue weighted by atomic mass is 10.2. The molecule has 2 rings (SSSR count). The number of rotatable bonds is 4. The van der Waals surface area contributed by atoms with E-state index in [4.69, 9.17) is 17.3 Å². The third-order valence-corrected chi connectivity index (χ3v) is 5.57. The fraction of sp³-hybridized carbons (Fsp3) is 0.583. The van der Waals surface area contributed by atoms with E-state index in [1.807, 2.05) is 19.0 Å². The topological polar surface area (TPSA) is 79.5 Å². The number of hydrogen-bond donors (Lipinski definition) is 1. The Bertz CT molecular complexity index is 591. The van der Waals surface area contributed by atoms with Gasteiger partial charge in [-0.05, 0) is 33.0 Å². The predicted octanol–water partition coefficient (Wildman–Crippen LogP) is 1.03. The maximum Gasteiger partial charge on any atom is 0.244 e. The summed E-state index contributed by atoms with van der Waals surface area (Å²) in [7, 11) is 0.302. The minimum absolute atomic E-state index is 0.00803. The van der Waals surface area contributed by atoms with Crippen molar-refractivity contribution in [3.63, 3.8) is 0 Å². The van der Waals surface area contributed by atoms with Crippen LogP contribution < -0.4 is 5.73 Å². The first-order valence-electron chi connectivity index (χ1n) is 6.40. The van der Waals surface area contributed by atoms with Gasteiger partial charge in [0, 0.05) is 25.3 Å². The van der Waals surface area contributed by atoms with Gasteiger partial charge < -0.3 is 10.6 Å². The molecule has 6 nitrogen and oxygen atoms in total. The lowest BCUT2D eigenvalue weighted by molar-refractivity contribution is 0.291. The van der Waals surface area contributed by atoms with E-state index in [0.29, 0.717) is 13.1 Å². The van der Waals surface area contributed by atoms with Gasteiger partial charge in [0.2, 0.25) is 10.0 Å². The summed E-state index contributed by atoms with van der Waals surface area (Å²) < 4.78 is 26.9. The SMILES string of the molecule is CN(C)CC1CCCN1S(=O)(=O)c1cnc(N)c(Cl)c1. The highest BCUT2D eigenvalue weighted by atomic mass is 35.5. The van der Waals surface area contributed by atoms with Crippen LogP contribution in [0.25, 0.3) is 0 Å². The smallest absolute Gasteiger partial charge is 0.244 e. The van der Waals surface area contributed by atoms with Crippen LogP contribution in [0.5, 0.6) is 0 Å². The van der Waals surface area contributed by atoms with Crippen molar-refractivity contribution in [3.05, 3.63) is 17.3 Å². The quantitative estimate of drug-likeness (QED) is 0.897. The molecule has 2 heterocycles. The molecule has 112 valence electrons. The maximum absolute atomic E-state index is 12.7.